The topological polar surface area (TPSA) is 98.3 Å². The first-order valence-electron chi connectivity index (χ1n) is 12.7. The average molecular weight is 498 g/mol. The minimum Gasteiger partial charge on any atom is -0.466 e. The minimum atomic E-state index is -0.248. The average Bonchev–Trinajstić information content (AvgIpc) is 2.91. The van der Waals surface area contributed by atoms with Crippen molar-refractivity contribution in [1.29, 1.82) is 0 Å². The molecule has 4 aromatic rings. The summed E-state index contributed by atoms with van der Waals surface area (Å²) in [7, 11) is 0. The van der Waals surface area contributed by atoms with E-state index in [4.69, 9.17) is 14.5 Å². The van der Waals surface area contributed by atoms with Crippen LogP contribution < -0.4 is 15.4 Å². The number of hydrogen-bond acceptors (Lipinski definition) is 8. The number of nitrogens with zero attached hydrogens (tertiary/aromatic N) is 3. The molecule has 2 N–H and O–H groups in total. The summed E-state index contributed by atoms with van der Waals surface area (Å²) < 4.78 is 11.7. The fraction of sp³-hybridized carbons (Fsp3) is 0.310. The summed E-state index contributed by atoms with van der Waals surface area (Å²) in [4.78, 5) is 25.9. The number of fused-ring (bicyclic) bond motifs is 1. The molecule has 1 atom stereocenters. The minimum absolute atomic E-state index is 0.204. The number of rotatable bonds is 8. The Labute approximate surface area is 216 Å². The number of carbonyl (C=O) groups excluding carboxylic acids is 1. The molecule has 1 fully saturated rings. The molecular formula is C29H31N5O3. The van der Waals surface area contributed by atoms with Crippen LogP contribution in [-0.2, 0) is 16.0 Å². The molecule has 190 valence electrons. The van der Waals surface area contributed by atoms with Gasteiger partial charge in [-0.1, -0.05) is 30.3 Å². The molecule has 1 aliphatic heterocycles. The Morgan fingerprint density at radius 3 is 2.84 bits per heavy atom. The van der Waals surface area contributed by atoms with Crippen LogP contribution in [-0.4, -0.2) is 46.7 Å². The quantitative estimate of drug-likeness (QED) is 0.326. The summed E-state index contributed by atoms with van der Waals surface area (Å²) in [6.45, 7) is 6.11. The van der Waals surface area contributed by atoms with Crippen LogP contribution in [0.4, 0.5) is 5.95 Å². The van der Waals surface area contributed by atoms with Gasteiger partial charge in [0.1, 0.15) is 5.75 Å². The molecule has 1 aliphatic rings. The lowest BCUT2D eigenvalue weighted by Crippen LogP contribution is -2.38. The Bertz CT molecular complexity index is 1400. The predicted molar refractivity (Wildman–Crippen MR) is 144 cm³/mol. The van der Waals surface area contributed by atoms with E-state index in [0.717, 1.165) is 59.1 Å². The van der Waals surface area contributed by atoms with Gasteiger partial charge in [-0.2, -0.15) is 0 Å². The predicted octanol–water partition coefficient (Wildman–Crippen LogP) is 5.06. The number of benzene rings is 2. The Balaban J connectivity index is 1.47. The van der Waals surface area contributed by atoms with Crippen LogP contribution in [0.15, 0.2) is 60.9 Å². The molecule has 0 radical (unpaired) electrons. The van der Waals surface area contributed by atoms with Gasteiger partial charge in [0.2, 0.25) is 11.8 Å². The molecule has 8 heteroatoms. The highest BCUT2D eigenvalue weighted by Gasteiger charge is 2.18. The number of carbonyl (C=O) groups is 1. The molecular weight excluding hydrogens is 466 g/mol. The molecule has 5 rings (SSSR count). The van der Waals surface area contributed by atoms with E-state index in [9.17, 15) is 4.79 Å². The van der Waals surface area contributed by atoms with E-state index < -0.39 is 0 Å². The number of aromatic nitrogens is 3. The third kappa shape index (κ3) is 5.70. The van der Waals surface area contributed by atoms with Gasteiger partial charge < -0.3 is 20.1 Å². The first kappa shape index (κ1) is 24.6. The van der Waals surface area contributed by atoms with Gasteiger partial charge in [-0.05, 0) is 67.9 Å². The molecule has 0 spiro atoms. The molecule has 1 saturated heterocycles. The van der Waals surface area contributed by atoms with E-state index in [1.54, 1.807) is 12.4 Å². The summed E-state index contributed by atoms with van der Waals surface area (Å²) in [6.07, 6.45) is 5.88. The molecule has 3 heterocycles. The number of hydrogen-bond donors (Lipinski definition) is 2. The van der Waals surface area contributed by atoms with E-state index in [1.807, 2.05) is 62.4 Å². The number of esters is 1. The van der Waals surface area contributed by atoms with Crippen LogP contribution in [0.25, 0.3) is 22.0 Å². The maximum Gasteiger partial charge on any atom is 0.310 e. The number of nitrogens with one attached hydrogen (secondary N) is 2. The van der Waals surface area contributed by atoms with Gasteiger partial charge in [-0.3, -0.25) is 4.79 Å². The van der Waals surface area contributed by atoms with E-state index >= 15 is 0 Å². The molecule has 2 aromatic carbocycles. The molecule has 8 nitrogen and oxygen atoms in total. The van der Waals surface area contributed by atoms with Gasteiger partial charge in [0.25, 0.3) is 0 Å². The number of piperidine rings is 1. The highest BCUT2D eigenvalue weighted by atomic mass is 16.5. The van der Waals surface area contributed by atoms with Gasteiger partial charge >= 0.3 is 5.97 Å². The van der Waals surface area contributed by atoms with Crippen molar-refractivity contribution < 1.29 is 14.3 Å². The SMILES string of the molecule is CCOC(=O)Cc1cccc2c(Oc3ncccc3-c3ccnc(N[C@H]4CCCNC4)n3)c(C)ccc12. The fourth-order valence-electron chi connectivity index (χ4n) is 4.66. The maximum absolute atomic E-state index is 12.2. The number of aryl methyl sites for hydroxylation is 1. The lowest BCUT2D eigenvalue weighted by Gasteiger charge is -2.23. The number of ether oxygens (including phenoxy) is 2. The smallest absolute Gasteiger partial charge is 0.310 e. The summed E-state index contributed by atoms with van der Waals surface area (Å²) in [5.74, 6) is 1.50. The molecule has 2 aromatic heterocycles. The van der Waals surface area contributed by atoms with Crippen LogP contribution in [0.1, 0.15) is 30.9 Å². The van der Waals surface area contributed by atoms with Crippen molar-refractivity contribution in [1.82, 2.24) is 20.3 Å². The van der Waals surface area contributed by atoms with E-state index in [1.165, 1.54) is 0 Å². The summed E-state index contributed by atoms with van der Waals surface area (Å²) >= 11 is 0. The first-order valence-corrected chi connectivity index (χ1v) is 12.7. The maximum atomic E-state index is 12.2. The Morgan fingerprint density at radius 2 is 2.00 bits per heavy atom. The van der Waals surface area contributed by atoms with E-state index in [0.29, 0.717) is 30.2 Å². The monoisotopic (exact) mass is 497 g/mol. The molecule has 0 saturated carbocycles. The van der Waals surface area contributed by atoms with E-state index in [2.05, 4.69) is 20.6 Å². The van der Waals surface area contributed by atoms with Crippen LogP contribution in [0, 0.1) is 6.92 Å². The summed E-state index contributed by atoms with van der Waals surface area (Å²) in [5.41, 5.74) is 3.36. The van der Waals surface area contributed by atoms with Crippen molar-refractivity contribution >= 4 is 22.7 Å². The van der Waals surface area contributed by atoms with Gasteiger partial charge in [-0.15, -0.1) is 0 Å². The molecule has 0 aliphatic carbocycles. The van der Waals surface area contributed by atoms with Crippen molar-refractivity contribution in [2.75, 3.05) is 25.0 Å². The summed E-state index contributed by atoms with van der Waals surface area (Å²) in [6, 6.07) is 15.9. The van der Waals surface area contributed by atoms with Crippen LogP contribution in [0.3, 0.4) is 0 Å². The van der Waals surface area contributed by atoms with Crippen molar-refractivity contribution in [3.63, 3.8) is 0 Å². The molecule has 37 heavy (non-hydrogen) atoms. The highest BCUT2D eigenvalue weighted by Crippen LogP contribution is 2.37. The van der Waals surface area contributed by atoms with Crippen molar-refractivity contribution in [2.45, 2.75) is 39.2 Å². The third-order valence-electron chi connectivity index (χ3n) is 6.47. The normalized spacial score (nSPS) is 15.4. The number of pyridine rings is 1. The summed E-state index contributed by atoms with van der Waals surface area (Å²) in [5, 5.41) is 8.70. The zero-order chi connectivity index (χ0) is 25.6. The third-order valence-corrected chi connectivity index (χ3v) is 6.47. The van der Waals surface area contributed by atoms with Crippen LogP contribution in [0.2, 0.25) is 0 Å². The molecule has 0 amide bonds. The first-order chi connectivity index (χ1) is 18.1. The Kier molecular flexibility index (Phi) is 7.56. The Morgan fingerprint density at radius 1 is 1.08 bits per heavy atom. The lowest BCUT2D eigenvalue weighted by atomic mass is 9.99. The van der Waals surface area contributed by atoms with E-state index in [-0.39, 0.29) is 12.4 Å². The standard InChI is InChI=1S/C29H31N5O3/c1-3-36-26(35)17-20-7-4-9-23-22(20)12-11-19(2)27(23)37-28-24(10-6-15-31-28)25-13-16-32-29(34-25)33-21-8-5-14-30-18-21/h4,6-7,9-13,15-16,21,30H,3,5,8,14,17-18H2,1-2H3,(H,32,33,34)/t21-/m0/s1. The second-order valence-electron chi connectivity index (χ2n) is 9.12. The van der Waals surface area contributed by atoms with Gasteiger partial charge in [0, 0.05) is 30.4 Å². The number of anilines is 1. The fourth-order valence-corrected chi connectivity index (χ4v) is 4.66. The largest absolute Gasteiger partial charge is 0.466 e. The lowest BCUT2D eigenvalue weighted by molar-refractivity contribution is -0.142. The molecule has 0 unspecified atom stereocenters. The van der Waals surface area contributed by atoms with Gasteiger partial charge in [-0.25, -0.2) is 15.0 Å². The van der Waals surface area contributed by atoms with Crippen LogP contribution in [0.5, 0.6) is 11.6 Å². The van der Waals surface area contributed by atoms with Crippen molar-refractivity contribution in [3.05, 3.63) is 72.1 Å². The second kappa shape index (κ2) is 11.3. The van der Waals surface area contributed by atoms with Crippen molar-refractivity contribution in [2.24, 2.45) is 0 Å². The van der Waals surface area contributed by atoms with Crippen LogP contribution >= 0.6 is 0 Å². The highest BCUT2D eigenvalue weighted by molar-refractivity contribution is 5.94. The Hall–Kier alpha value is -4.04. The van der Waals surface area contributed by atoms with Crippen molar-refractivity contribution in [3.8, 4) is 22.9 Å². The zero-order valence-corrected chi connectivity index (χ0v) is 21.2. The second-order valence-corrected chi connectivity index (χ2v) is 9.12. The zero-order valence-electron chi connectivity index (χ0n) is 21.2. The van der Waals surface area contributed by atoms with Gasteiger partial charge in [0.05, 0.1) is 24.3 Å². The molecule has 0 bridgehead atoms. The van der Waals surface area contributed by atoms with Gasteiger partial charge in [0.15, 0.2) is 0 Å².